The number of ether oxygens (including phenoxy) is 2. The first-order chi connectivity index (χ1) is 10.2. The maximum atomic E-state index is 13.1. The number of esters is 1. The Bertz CT molecular complexity index is 656. The molecule has 1 heterocycles. The molecule has 22 heavy (non-hydrogen) atoms. The Morgan fingerprint density at radius 3 is 2.64 bits per heavy atom. The third kappa shape index (κ3) is 2.96. The molecule has 0 amide bonds. The number of aromatic hydroxyl groups is 1. The number of alkyl halides is 3. The minimum absolute atomic E-state index is 0.0383. The van der Waals surface area contributed by atoms with E-state index in [2.05, 4.69) is 4.74 Å². The fourth-order valence-corrected chi connectivity index (χ4v) is 2.40. The largest absolute Gasteiger partial charge is 0.505 e. The van der Waals surface area contributed by atoms with Gasteiger partial charge in [-0.2, -0.15) is 13.2 Å². The van der Waals surface area contributed by atoms with E-state index >= 15 is 0 Å². The Morgan fingerprint density at radius 2 is 2.09 bits per heavy atom. The lowest BCUT2D eigenvalue weighted by molar-refractivity contribution is -0.187. The molecule has 0 bridgehead atoms. The molecule has 1 unspecified atom stereocenters. The standard InChI is InChI=1S/C13H9Cl2F3O4/c1-2-21-12(20)6-3-5-4-7(14)9(19)8(15)10(5)22-11(6)13(16,17)18/h3-4,11,19H,2H2,1H3. The van der Waals surface area contributed by atoms with Crippen LogP contribution in [0.4, 0.5) is 13.2 Å². The summed E-state index contributed by atoms with van der Waals surface area (Å²) < 4.78 is 48.7. The van der Waals surface area contributed by atoms with E-state index in [1.54, 1.807) is 0 Å². The Morgan fingerprint density at radius 1 is 1.45 bits per heavy atom. The van der Waals surface area contributed by atoms with Crippen molar-refractivity contribution in [3.8, 4) is 11.5 Å². The first kappa shape index (κ1) is 16.8. The van der Waals surface area contributed by atoms with Gasteiger partial charge in [-0.05, 0) is 19.1 Å². The zero-order valence-corrected chi connectivity index (χ0v) is 12.5. The molecule has 1 aromatic carbocycles. The van der Waals surface area contributed by atoms with Crippen LogP contribution in [0.3, 0.4) is 0 Å². The van der Waals surface area contributed by atoms with Crippen LogP contribution in [-0.2, 0) is 9.53 Å². The molecule has 2 rings (SSSR count). The highest BCUT2D eigenvalue weighted by atomic mass is 35.5. The van der Waals surface area contributed by atoms with Crippen molar-refractivity contribution < 1.29 is 32.5 Å². The van der Waals surface area contributed by atoms with Gasteiger partial charge in [0.15, 0.2) is 5.75 Å². The molecule has 0 saturated carbocycles. The van der Waals surface area contributed by atoms with E-state index in [1.807, 2.05) is 0 Å². The third-order valence-corrected chi connectivity index (χ3v) is 3.45. The van der Waals surface area contributed by atoms with Crippen LogP contribution >= 0.6 is 23.2 Å². The first-order valence-corrected chi connectivity index (χ1v) is 6.75. The average Bonchev–Trinajstić information content (AvgIpc) is 2.43. The van der Waals surface area contributed by atoms with Gasteiger partial charge in [0.2, 0.25) is 6.10 Å². The van der Waals surface area contributed by atoms with Crippen LogP contribution in [0.2, 0.25) is 10.0 Å². The zero-order valence-electron chi connectivity index (χ0n) is 11.0. The van der Waals surface area contributed by atoms with Gasteiger partial charge in [-0.3, -0.25) is 0 Å². The summed E-state index contributed by atoms with van der Waals surface area (Å²) in [6.45, 7) is 1.37. The molecular formula is C13H9Cl2F3O4. The quantitative estimate of drug-likeness (QED) is 0.814. The van der Waals surface area contributed by atoms with Gasteiger partial charge in [-0.25, -0.2) is 4.79 Å². The number of hydrogen-bond acceptors (Lipinski definition) is 4. The minimum atomic E-state index is -4.87. The molecular weight excluding hydrogens is 348 g/mol. The number of carbonyl (C=O) groups is 1. The van der Waals surface area contributed by atoms with Crippen molar-refractivity contribution in [2.75, 3.05) is 6.61 Å². The van der Waals surface area contributed by atoms with Crippen molar-refractivity contribution in [2.24, 2.45) is 0 Å². The van der Waals surface area contributed by atoms with Crippen LogP contribution in [-0.4, -0.2) is 30.0 Å². The second kappa shape index (κ2) is 5.89. The maximum absolute atomic E-state index is 13.1. The Kier molecular flexibility index (Phi) is 4.49. The summed E-state index contributed by atoms with van der Waals surface area (Å²) in [4.78, 5) is 11.7. The van der Waals surface area contributed by atoms with Gasteiger partial charge < -0.3 is 14.6 Å². The number of benzene rings is 1. The van der Waals surface area contributed by atoms with Crippen molar-refractivity contribution in [1.82, 2.24) is 0 Å². The molecule has 0 radical (unpaired) electrons. The fourth-order valence-electron chi connectivity index (χ4n) is 1.88. The lowest BCUT2D eigenvalue weighted by Gasteiger charge is -2.28. The molecule has 0 saturated heterocycles. The summed E-state index contributed by atoms with van der Waals surface area (Å²) >= 11 is 11.5. The summed E-state index contributed by atoms with van der Waals surface area (Å²) in [5.41, 5.74) is -0.684. The van der Waals surface area contributed by atoms with Crippen LogP contribution in [0.5, 0.6) is 11.5 Å². The van der Waals surface area contributed by atoms with Crippen LogP contribution in [0.25, 0.3) is 6.08 Å². The molecule has 1 aliphatic rings. The van der Waals surface area contributed by atoms with Crippen LogP contribution in [0.1, 0.15) is 12.5 Å². The molecule has 1 aliphatic heterocycles. The highest BCUT2D eigenvalue weighted by Gasteiger charge is 2.49. The van der Waals surface area contributed by atoms with Gasteiger partial charge in [0.25, 0.3) is 0 Å². The number of phenols is 1. The summed E-state index contributed by atoms with van der Waals surface area (Å²) in [7, 11) is 0. The lowest BCUT2D eigenvalue weighted by Crippen LogP contribution is -2.40. The molecule has 1 aromatic rings. The summed E-state index contributed by atoms with van der Waals surface area (Å²) in [6, 6.07) is 1.14. The molecule has 1 atom stereocenters. The van der Waals surface area contributed by atoms with Gasteiger partial charge in [0, 0.05) is 5.56 Å². The SMILES string of the molecule is CCOC(=O)C1=Cc2cc(Cl)c(O)c(Cl)c2OC1C(F)(F)F. The fraction of sp³-hybridized carbons (Fsp3) is 0.308. The molecule has 0 aliphatic carbocycles. The van der Waals surface area contributed by atoms with Gasteiger partial charge in [0.05, 0.1) is 17.2 Å². The number of phenolic OH excluding ortho intramolecular Hbond substituents is 1. The first-order valence-electron chi connectivity index (χ1n) is 5.99. The van der Waals surface area contributed by atoms with E-state index < -0.39 is 40.3 Å². The molecule has 0 fully saturated rings. The zero-order chi connectivity index (χ0) is 16.7. The van der Waals surface area contributed by atoms with Crippen molar-refractivity contribution in [3.05, 3.63) is 27.2 Å². The van der Waals surface area contributed by atoms with Gasteiger partial charge in [-0.15, -0.1) is 0 Å². The molecule has 120 valence electrons. The second-order valence-corrected chi connectivity index (χ2v) is 5.08. The van der Waals surface area contributed by atoms with Crippen LogP contribution < -0.4 is 4.74 Å². The number of halogens is 5. The second-order valence-electron chi connectivity index (χ2n) is 4.30. The predicted molar refractivity (Wildman–Crippen MR) is 73.2 cm³/mol. The highest BCUT2D eigenvalue weighted by molar-refractivity contribution is 6.38. The molecule has 1 N–H and O–H groups in total. The van der Waals surface area contributed by atoms with E-state index in [9.17, 15) is 23.1 Å². The van der Waals surface area contributed by atoms with E-state index in [-0.39, 0.29) is 17.2 Å². The smallest absolute Gasteiger partial charge is 0.430 e. The van der Waals surface area contributed by atoms with E-state index in [0.29, 0.717) is 0 Å². The summed E-state index contributed by atoms with van der Waals surface area (Å²) in [5, 5.41) is 8.93. The van der Waals surface area contributed by atoms with E-state index in [0.717, 1.165) is 12.1 Å². The molecule has 9 heteroatoms. The van der Waals surface area contributed by atoms with E-state index in [1.165, 1.54) is 6.92 Å². The lowest BCUT2D eigenvalue weighted by atomic mass is 10.0. The summed E-state index contributed by atoms with van der Waals surface area (Å²) in [5.74, 6) is -2.16. The number of hydrogen-bond donors (Lipinski definition) is 1. The van der Waals surface area contributed by atoms with Crippen molar-refractivity contribution in [1.29, 1.82) is 0 Å². The maximum Gasteiger partial charge on any atom is 0.430 e. The third-order valence-electron chi connectivity index (χ3n) is 2.82. The molecule has 0 spiro atoms. The molecule has 4 nitrogen and oxygen atoms in total. The Hall–Kier alpha value is -1.60. The Labute approximate surface area is 133 Å². The van der Waals surface area contributed by atoms with Crippen molar-refractivity contribution >= 4 is 35.2 Å². The predicted octanol–water partition coefficient (Wildman–Crippen LogP) is 3.97. The van der Waals surface area contributed by atoms with E-state index in [4.69, 9.17) is 27.9 Å². The van der Waals surface area contributed by atoms with Crippen molar-refractivity contribution in [3.63, 3.8) is 0 Å². The topological polar surface area (TPSA) is 55.8 Å². The number of rotatable bonds is 2. The van der Waals surface area contributed by atoms with Gasteiger partial charge in [-0.1, -0.05) is 23.2 Å². The monoisotopic (exact) mass is 356 g/mol. The Balaban J connectivity index is 2.61. The number of carbonyl (C=O) groups excluding carboxylic acids is 1. The normalized spacial score (nSPS) is 17.4. The minimum Gasteiger partial charge on any atom is -0.505 e. The average molecular weight is 357 g/mol. The molecule has 0 aromatic heterocycles. The number of fused-ring (bicyclic) bond motifs is 1. The van der Waals surface area contributed by atoms with Crippen molar-refractivity contribution in [2.45, 2.75) is 19.2 Å². The highest BCUT2D eigenvalue weighted by Crippen LogP contribution is 2.47. The van der Waals surface area contributed by atoms with Crippen LogP contribution in [0, 0.1) is 0 Å². The van der Waals surface area contributed by atoms with Gasteiger partial charge >= 0.3 is 12.1 Å². The van der Waals surface area contributed by atoms with Crippen LogP contribution in [0.15, 0.2) is 11.6 Å². The van der Waals surface area contributed by atoms with Gasteiger partial charge in [0.1, 0.15) is 10.8 Å². The summed E-state index contributed by atoms with van der Waals surface area (Å²) in [6.07, 6.45) is -6.47.